The Labute approximate surface area is 124 Å². The van der Waals surface area contributed by atoms with Gasteiger partial charge in [-0.05, 0) is 31.5 Å². The van der Waals surface area contributed by atoms with E-state index in [0.29, 0.717) is 12.1 Å². The highest BCUT2D eigenvalue weighted by molar-refractivity contribution is 5.79. The quantitative estimate of drug-likeness (QED) is 0.811. The minimum Gasteiger partial charge on any atom is -0.368 e. The molecular formula is C15H23F2N3O. The molecule has 0 bridgehead atoms. The summed E-state index contributed by atoms with van der Waals surface area (Å²) in [5.41, 5.74) is 5.45. The van der Waals surface area contributed by atoms with Gasteiger partial charge in [0.25, 0.3) is 0 Å². The molecule has 1 aromatic carbocycles. The Morgan fingerprint density at radius 1 is 1.24 bits per heavy atom. The maximum atomic E-state index is 14.2. The van der Waals surface area contributed by atoms with Crippen molar-refractivity contribution >= 4 is 11.6 Å². The van der Waals surface area contributed by atoms with Gasteiger partial charge >= 0.3 is 0 Å². The summed E-state index contributed by atoms with van der Waals surface area (Å²) >= 11 is 0. The van der Waals surface area contributed by atoms with Crippen LogP contribution < -0.4 is 16.0 Å². The number of hydrogen-bond donors (Lipinski definition) is 2. The Kier molecular flexibility index (Phi) is 6.08. The van der Waals surface area contributed by atoms with Crippen LogP contribution in [0.15, 0.2) is 12.1 Å². The number of carbonyl (C=O) groups is 1. The molecule has 3 N–H and O–H groups in total. The van der Waals surface area contributed by atoms with Crippen molar-refractivity contribution in [2.45, 2.75) is 46.3 Å². The van der Waals surface area contributed by atoms with E-state index in [0.717, 1.165) is 0 Å². The van der Waals surface area contributed by atoms with Crippen LogP contribution in [0.3, 0.4) is 0 Å². The van der Waals surface area contributed by atoms with Crippen molar-refractivity contribution in [2.24, 2.45) is 5.73 Å². The molecule has 4 nitrogen and oxygen atoms in total. The van der Waals surface area contributed by atoms with Crippen LogP contribution in [0.1, 0.15) is 33.3 Å². The van der Waals surface area contributed by atoms with Crippen molar-refractivity contribution < 1.29 is 13.6 Å². The number of carbonyl (C=O) groups excluding carboxylic acids is 1. The summed E-state index contributed by atoms with van der Waals surface area (Å²) in [6, 6.07) is 2.54. The van der Waals surface area contributed by atoms with Crippen molar-refractivity contribution in [3.8, 4) is 0 Å². The van der Waals surface area contributed by atoms with E-state index in [1.807, 2.05) is 13.8 Å². The molecule has 118 valence electrons. The van der Waals surface area contributed by atoms with Crippen molar-refractivity contribution in [1.29, 1.82) is 0 Å². The molecular weight excluding hydrogens is 276 g/mol. The van der Waals surface area contributed by atoms with Gasteiger partial charge in [0.05, 0.1) is 6.54 Å². The lowest BCUT2D eigenvalue weighted by atomic mass is 10.1. The molecule has 0 saturated heterocycles. The molecule has 1 rings (SSSR count). The molecule has 1 amide bonds. The van der Waals surface area contributed by atoms with Gasteiger partial charge in [0.2, 0.25) is 5.91 Å². The fraction of sp³-hybridized carbons (Fsp3) is 0.533. The smallest absolute Gasteiger partial charge is 0.236 e. The van der Waals surface area contributed by atoms with Crippen LogP contribution in [0.4, 0.5) is 14.5 Å². The van der Waals surface area contributed by atoms with E-state index in [-0.39, 0.29) is 24.3 Å². The number of primary amides is 1. The van der Waals surface area contributed by atoms with E-state index >= 15 is 0 Å². The van der Waals surface area contributed by atoms with Crippen LogP contribution in [0.2, 0.25) is 0 Å². The summed E-state index contributed by atoms with van der Waals surface area (Å²) in [5.74, 6) is -2.01. The zero-order chi connectivity index (χ0) is 16.2. The van der Waals surface area contributed by atoms with Gasteiger partial charge in [-0.2, -0.15) is 0 Å². The number of halogens is 2. The number of amides is 1. The second-order valence-corrected chi connectivity index (χ2v) is 5.63. The highest BCUT2D eigenvalue weighted by Gasteiger charge is 2.21. The lowest BCUT2D eigenvalue weighted by Crippen LogP contribution is -2.39. The minimum atomic E-state index is -0.689. The third-order valence-electron chi connectivity index (χ3n) is 3.03. The summed E-state index contributed by atoms with van der Waals surface area (Å²) in [7, 11) is 0. The Balaban J connectivity index is 3.09. The Hall–Kier alpha value is -1.69. The average molecular weight is 299 g/mol. The summed E-state index contributed by atoms with van der Waals surface area (Å²) in [5, 5.41) is 3.10. The highest BCUT2D eigenvalue weighted by Crippen LogP contribution is 2.26. The van der Waals surface area contributed by atoms with E-state index in [9.17, 15) is 13.6 Å². The van der Waals surface area contributed by atoms with Crippen molar-refractivity contribution in [3.63, 3.8) is 0 Å². The second-order valence-electron chi connectivity index (χ2n) is 5.63. The van der Waals surface area contributed by atoms with Crippen molar-refractivity contribution in [3.05, 3.63) is 29.3 Å². The fourth-order valence-corrected chi connectivity index (χ4v) is 2.00. The van der Waals surface area contributed by atoms with Gasteiger partial charge in [0.15, 0.2) is 0 Å². The monoisotopic (exact) mass is 299 g/mol. The molecule has 0 aliphatic heterocycles. The topological polar surface area (TPSA) is 58.4 Å². The van der Waals surface area contributed by atoms with Gasteiger partial charge in [-0.25, -0.2) is 8.78 Å². The first-order valence-corrected chi connectivity index (χ1v) is 6.98. The van der Waals surface area contributed by atoms with Gasteiger partial charge in [-0.15, -0.1) is 0 Å². The van der Waals surface area contributed by atoms with E-state index in [4.69, 9.17) is 5.73 Å². The first kappa shape index (κ1) is 17.4. The van der Waals surface area contributed by atoms with E-state index in [2.05, 4.69) is 5.32 Å². The van der Waals surface area contributed by atoms with Gasteiger partial charge < -0.3 is 16.0 Å². The third kappa shape index (κ3) is 4.97. The van der Waals surface area contributed by atoms with Crippen LogP contribution in [-0.2, 0) is 11.3 Å². The van der Waals surface area contributed by atoms with E-state index in [1.54, 1.807) is 13.8 Å². The molecule has 1 aromatic rings. The van der Waals surface area contributed by atoms with Crippen LogP contribution in [0, 0.1) is 11.6 Å². The van der Waals surface area contributed by atoms with Crippen LogP contribution in [0.5, 0.6) is 0 Å². The zero-order valence-corrected chi connectivity index (χ0v) is 12.9. The lowest BCUT2D eigenvalue weighted by molar-refractivity contribution is -0.116. The summed E-state index contributed by atoms with van der Waals surface area (Å²) in [6.07, 6.45) is 0. The molecule has 0 radical (unpaired) electrons. The molecule has 0 unspecified atom stereocenters. The minimum absolute atomic E-state index is 0.211. The van der Waals surface area contributed by atoms with Gasteiger partial charge in [-0.1, -0.05) is 13.8 Å². The number of hydrogen-bond acceptors (Lipinski definition) is 3. The normalized spacial score (nSPS) is 11.2. The Morgan fingerprint density at radius 3 is 2.14 bits per heavy atom. The maximum absolute atomic E-state index is 14.2. The Morgan fingerprint density at radius 2 is 1.76 bits per heavy atom. The number of nitrogens with one attached hydrogen (secondary N) is 1. The molecule has 6 heteroatoms. The van der Waals surface area contributed by atoms with Gasteiger partial charge in [0, 0.05) is 18.6 Å². The predicted molar refractivity (Wildman–Crippen MR) is 80.0 cm³/mol. The Bertz CT molecular complexity index is 481. The molecule has 21 heavy (non-hydrogen) atoms. The summed E-state index contributed by atoms with van der Waals surface area (Å²) < 4.78 is 28.5. The van der Waals surface area contributed by atoms with Gasteiger partial charge in [-0.3, -0.25) is 4.79 Å². The number of benzene rings is 1. The fourth-order valence-electron chi connectivity index (χ4n) is 2.00. The number of nitrogens with two attached hydrogens (primary N) is 1. The molecule has 0 heterocycles. The van der Waals surface area contributed by atoms with Gasteiger partial charge in [0.1, 0.15) is 17.3 Å². The first-order chi connectivity index (χ1) is 9.72. The zero-order valence-electron chi connectivity index (χ0n) is 12.9. The van der Waals surface area contributed by atoms with Crippen LogP contribution >= 0.6 is 0 Å². The maximum Gasteiger partial charge on any atom is 0.236 e. The predicted octanol–water partition coefficient (Wildman–Crippen LogP) is 2.16. The summed E-state index contributed by atoms with van der Waals surface area (Å²) in [6.45, 7) is 7.55. The second kappa shape index (κ2) is 7.36. The molecule has 0 atom stereocenters. The van der Waals surface area contributed by atoms with Crippen LogP contribution in [0.25, 0.3) is 0 Å². The average Bonchev–Trinajstić information content (AvgIpc) is 2.33. The standard InChI is InChI=1S/C15H23F2N3O/c1-9(2)19-7-11-5-12(16)15(13(17)6-11)20(10(3)4)8-14(18)21/h5-6,9-10,19H,7-8H2,1-4H3,(H2,18,21). The first-order valence-electron chi connectivity index (χ1n) is 6.98. The lowest BCUT2D eigenvalue weighted by Gasteiger charge is -2.28. The van der Waals surface area contributed by atoms with Crippen LogP contribution in [-0.4, -0.2) is 24.5 Å². The van der Waals surface area contributed by atoms with Crippen molar-refractivity contribution in [2.75, 3.05) is 11.4 Å². The molecule has 0 saturated carbocycles. The van der Waals surface area contributed by atoms with Crippen molar-refractivity contribution in [1.82, 2.24) is 5.32 Å². The third-order valence-corrected chi connectivity index (χ3v) is 3.03. The molecule has 0 fully saturated rings. The van der Waals surface area contributed by atoms with E-state index in [1.165, 1.54) is 17.0 Å². The SMILES string of the molecule is CC(C)NCc1cc(F)c(N(CC(N)=O)C(C)C)c(F)c1. The highest BCUT2D eigenvalue weighted by atomic mass is 19.1. The molecule has 0 aromatic heterocycles. The molecule has 0 aliphatic carbocycles. The largest absolute Gasteiger partial charge is 0.368 e. The molecule has 0 spiro atoms. The number of rotatable bonds is 7. The van der Waals surface area contributed by atoms with E-state index < -0.39 is 17.5 Å². The number of nitrogens with zero attached hydrogens (tertiary/aromatic N) is 1. The number of anilines is 1. The molecule has 0 aliphatic rings. The summed E-state index contributed by atoms with van der Waals surface area (Å²) in [4.78, 5) is 12.4.